The Bertz CT molecular complexity index is 850. The summed E-state index contributed by atoms with van der Waals surface area (Å²) < 4.78 is 5.00. The fourth-order valence-corrected chi connectivity index (χ4v) is 4.66. The number of esters is 1. The van der Waals surface area contributed by atoms with E-state index in [4.69, 9.17) is 27.9 Å². The van der Waals surface area contributed by atoms with Gasteiger partial charge in [0.1, 0.15) is 5.01 Å². The van der Waals surface area contributed by atoms with Crippen molar-refractivity contribution >= 4 is 46.4 Å². The lowest BCUT2D eigenvalue weighted by Crippen LogP contribution is -2.41. The van der Waals surface area contributed by atoms with Gasteiger partial charge in [-0.2, -0.15) is 0 Å². The summed E-state index contributed by atoms with van der Waals surface area (Å²) in [5.41, 5.74) is 0.709. The normalized spacial score (nSPS) is 14.7. The van der Waals surface area contributed by atoms with E-state index in [0.717, 1.165) is 25.7 Å². The zero-order valence-electron chi connectivity index (χ0n) is 15.6. The summed E-state index contributed by atoms with van der Waals surface area (Å²) in [5, 5.41) is 3.20. The van der Waals surface area contributed by atoms with Crippen molar-refractivity contribution in [3.05, 3.63) is 49.9 Å². The molecule has 2 aromatic rings. The van der Waals surface area contributed by atoms with Crippen LogP contribution in [-0.4, -0.2) is 34.4 Å². The first-order valence-corrected chi connectivity index (χ1v) is 11.0. The van der Waals surface area contributed by atoms with Crippen molar-refractivity contribution in [1.82, 2.24) is 9.88 Å². The predicted octanol–water partition coefficient (Wildman–Crippen LogP) is 5.60. The number of thiazole rings is 1. The molecule has 1 fully saturated rings. The first kappa shape index (κ1) is 21.1. The second-order valence-electron chi connectivity index (χ2n) is 6.70. The van der Waals surface area contributed by atoms with Crippen LogP contribution in [0.15, 0.2) is 23.6 Å². The highest BCUT2D eigenvalue weighted by molar-refractivity contribution is 7.09. The molecule has 28 heavy (non-hydrogen) atoms. The zero-order chi connectivity index (χ0) is 20.1. The molecular weight excluding hydrogens is 419 g/mol. The van der Waals surface area contributed by atoms with E-state index in [2.05, 4.69) is 4.98 Å². The van der Waals surface area contributed by atoms with Crippen LogP contribution in [-0.2, 0) is 11.3 Å². The first-order valence-electron chi connectivity index (χ1n) is 9.37. The number of carbonyl (C=O) groups excluding carboxylic acids is 2. The Morgan fingerprint density at radius 3 is 2.68 bits per heavy atom. The van der Waals surface area contributed by atoms with Crippen LogP contribution in [0.1, 0.15) is 64.9 Å². The smallest absolute Gasteiger partial charge is 0.357 e. The minimum Gasteiger partial charge on any atom is -0.461 e. The van der Waals surface area contributed by atoms with Crippen molar-refractivity contribution < 1.29 is 14.3 Å². The van der Waals surface area contributed by atoms with Gasteiger partial charge in [0.15, 0.2) is 5.69 Å². The van der Waals surface area contributed by atoms with Gasteiger partial charge in [-0.05, 0) is 38.0 Å². The maximum Gasteiger partial charge on any atom is 0.357 e. The van der Waals surface area contributed by atoms with E-state index in [1.54, 1.807) is 30.5 Å². The maximum atomic E-state index is 13.3. The highest BCUT2D eigenvalue weighted by atomic mass is 35.5. The third-order valence-corrected chi connectivity index (χ3v) is 6.16. The Labute approximate surface area is 178 Å². The highest BCUT2D eigenvalue weighted by Crippen LogP contribution is 2.29. The van der Waals surface area contributed by atoms with Crippen LogP contribution in [0.3, 0.4) is 0 Å². The Hall–Kier alpha value is -1.63. The van der Waals surface area contributed by atoms with Crippen molar-refractivity contribution in [1.29, 1.82) is 0 Å². The van der Waals surface area contributed by atoms with Crippen LogP contribution in [0.2, 0.25) is 10.0 Å². The van der Waals surface area contributed by atoms with Crippen LogP contribution < -0.4 is 0 Å². The van der Waals surface area contributed by atoms with Gasteiger partial charge < -0.3 is 9.64 Å². The van der Waals surface area contributed by atoms with Gasteiger partial charge in [0.2, 0.25) is 0 Å². The Balaban J connectivity index is 1.85. The van der Waals surface area contributed by atoms with Crippen molar-refractivity contribution in [3.63, 3.8) is 0 Å². The molecule has 1 aliphatic rings. The molecule has 0 saturated heterocycles. The molecule has 0 radical (unpaired) electrons. The van der Waals surface area contributed by atoms with E-state index < -0.39 is 5.97 Å². The van der Waals surface area contributed by atoms with Crippen LogP contribution in [0, 0.1) is 0 Å². The van der Waals surface area contributed by atoms with Crippen molar-refractivity contribution in [3.8, 4) is 0 Å². The summed E-state index contributed by atoms with van der Waals surface area (Å²) in [6, 6.07) is 5.04. The number of hydrogen-bond donors (Lipinski definition) is 0. The summed E-state index contributed by atoms with van der Waals surface area (Å²) in [5.74, 6) is -0.581. The topological polar surface area (TPSA) is 59.5 Å². The second kappa shape index (κ2) is 9.72. The van der Waals surface area contributed by atoms with E-state index in [9.17, 15) is 9.59 Å². The summed E-state index contributed by atoms with van der Waals surface area (Å²) >= 11 is 13.6. The van der Waals surface area contributed by atoms with Crippen LogP contribution in [0.25, 0.3) is 0 Å². The SMILES string of the molecule is CCOC(=O)c1csc(CN(C(=O)c2ccc(Cl)cc2Cl)C2CCCCC2)n1. The molecular formula is C20H22Cl2N2O3S. The summed E-state index contributed by atoms with van der Waals surface area (Å²) in [6.45, 7) is 2.39. The Morgan fingerprint density at radius 1 is 1.25 bits per heavy atom. The number of nitrogens with zero attached hydrogens (tertiary/aromatic N) is 2. The molecule has 1 aliphatic carbocycles. The van der Waals surface area contributed by atoms with Crippen LogP contribution in [0.4, 0.5) is 0 Å². The van der Waals surface area contributed by atoms with Gasteiger partial charge in [0, 0.05) is 16.4 Å². The number of benzene rings is 1. The summed E-state index contributed by atoms with van der Waals surface area (Å²) in [7, 11) is 0. The molecule has 1 aromatic carbocycles. The van der Waals surface area contributed by atoms with Crippen molar-refractivity contribution in [2.45, 2.75) is 51.6 Å². The van der Waals surface area contributed by atoms with Crippen LogP contribution in [0.5, 0.6) is 0 Å². The third-order valence-electron chi connectivity index (χ3n) is 4.78. The first-order chi connectivity index (χ1) is 13.5. The molecule has 0 unspecified atom stereocenters. The predicted molar refractivity (Wildman–Crippen MR) is 111 cm³/mol. The molecule has 1 aromatic heterocycles. The van der Waals surface area contributed by atoms with Crippen molar-refractivity contribution in [2.24, 2.45) is 0 Å². The number of carbonyl (C=O) groups is 2. The number of aromatic nitrogens is 1. The molecule has 1 heterocycles. The molecule has 1 saturated carbocycles. The zero-order valence-corrected chi connectivity index (χ0v) is 17.9. The molecule has 0 bridgehead atoms. The summed E-state index contributed by atoms with van der Waals surface area (Å²) in [6.07, 6.45) is 5.27. The minimum atomic E-state index is -0.443. The van der Waals surface area contributed by atoms with E-state index in [0.29, 0.717) is 33.8 Å². The van der Waals surface area contributed by atoms with Gasteiger partial charge in [-0.3, -0.25) is 4.79 Å². The molecule has 0 aliphatic heterocycles. The van der Waals surface area contributed by atoms with Gasteiger partial charge in [0.25, 0.3) is 5.91 Å². The highest BCUT2D eigenvalue weighted by Gasteiger charge is 2.29. The van der Waals surface area contributed by atoms with Gasteiger partial charge >= 0.3 is 5.97 Å². The average molecular weight is 441 g/mol. The number of hydrogen-bond acceptors (Lipinski definition) is 5. The van der Waals surface area contributed by atoms with Crippen LogP contribution >= 0.6 is 34.5 Å². The molecule has 1 amide bonds. The summed E-state index contributed by atoms with van der Waals surface area (Å²) in [4.78, 5) is 31.4. The Kier molecular flexibility index (Phi) is 7.32. The largest absolute Gasteiger partial charge is 0.461 e. The van der Waals surface area contributed by atoms with E-state index >= 15 is 0 Å². The third kappa shape index (κ3) is 5.04. The lowest BCUT2D eigenvalue weighted by atomic mass is 9.93. The lowest BCUT2D eigenvalue weighted by molar-refractivity contribution is 0.0520. The lowest BCUT2D eigenvalue weighted by Gasteiger charge is -2.34. The van der Waals surface area contributed by atoms with E-state index in [1.807, 2.05) is 4.90 Å². The number of ether oxygens (including phenoxy) is 1. The number of amides is 1. The molecule has 0 atom stereocenters. The molecule has 150 valence electrons. The van der Waals surface area contributed by atoms with Crippen molar-refractivity contribution in [2.75, 3.05) is 6.61 Å². The maximum absolute atomic E-state index is 13.3. The van der Waals surface area contributed by atoms with Gasteiger partial charge in [-0.25, -0.2) is 9.78 Å². The van der Waals surface area contributed by atoms with Gasteiger partial charge in [-0.1, -0.05) is 42.5 Å². The van der Waals surface area contributed by atoms with E-state index in [1.165, 1.54) is 17.8 Å². The molecule has 3 rings (SSSR count). The number of rotatable bonds is 6. The van der Waals surface area contributed by atoms with E-state index in [-0.39, 0.29) is 17.6 Å². The quantitative estimate of drug-likeness (QED) is 0.548. The van der Waals surface area contributed by atoms with Gasteiger partial charge in [0.05, 0.1) is 23.7 Å². The Morgan fingerprint density at radius 2 is 2.00 bits per heavy atom. The molecule has 0 spiro atoms. The molecule has 0 N–H and O–H groups in total. The fraction of sp³-hybridized carbons (Fsp3) is 0.450. The molecule has 8 heteroatoms. The fourth-order valence-electron chi connectivity index (χ4n) is 3.41. The second-order valence-corrected chi connectivity index (χ2v) is 8.48. The minimum absolute atomic E-state index is 0.128. The number of halogens is 2. The monoisotopic (exact) mass is 440 g/mol. The van der Waals surface area contributed by atoms with Gasteiger partial charge in [-0.15, -0.1) is 11.3 Å². The standard InChI is InChI=1S/C20H22Cl2N2O3S/c1-2-27-20(26)17-12-28-18(23-17)11-24(14-6-4-3-5-7-14)19(25)15-9-8-13(21)10-16(15)22/h8-10,12,14H,2-7,11H2,1H3. The average Bonchev–Trinajstić information content (AvgIpc) is 3.15. The molecule has 5 nitrogen and oxygen atoms in total.